The SMILES string of the molecule is C/C=C/CCC(CCC)CC/C=C/CCC. The van der Waals surface area contributed by atoms with E-state index < -0.39 is 0 Å². The van der Waals surface area contributed by atoms with Gasteiger partial charge in [0.05, 0.1) is 0 Å². The molecule has 94 valence electrons. The van der Waals surface area contributed by atoms with Crippen LogP contribution < -0.4 is 0 Å². The molecule has 0 amide bonds. The van der Waals surface area contributed by atoms with Gasteiger partial charge in [-0.3, -0.25) is 0 Å². The smallest absolute Gasteiger partial charge is 0.0348 e. The second-order valence-electron chi connectivity index (χ2n) is 4.64. The van der Waals surface area contributed by atoms with E-state index in [4.69, 9.17) is 0 Å². The summed E-state index contributed by atoms with van der Waals surface area (Å²) in [6.07, 6.45) is 19.7. The summed E-state index contributed by atoms with van der Waals surface area (Å²) in [5.74, 6) is 0.937. The molecule has 0 aromatic rings. The van der Waals surface area contributed by atoms with Gasteiger partial charge >= 0.3 is 0 Å². The van der Waals surface area contributed by atoms with Gasteiger partial charge in [-0.05, 0) is 44.9 Å². The van der Waals surface area contributed by atoms with Gasteiger partial charge in [0.15, 0.2) is 0 Å². The highest BCUT2D eigenvalue weighted by molar-refractivity contribution is 4.83. The number of hydrogen-bond donors (Lipinski definition) is 0. The predicted molar refractivity (Wildman–Crippen MR) is 75.7 cm³/mol. The second kappa shape index (κ2) is 12.5. The normalized spacial score (nSPS) is 13.9. The molecule has 0 aliphatic heterocycles. The monoisotopic (exact) mass is 222 g/mol. The molecule has 1 unspecified atom stereocenters. The quantitative estimate of drug-likeness (QED) is 0.404. The Balaban J connectivity index is 3.66. The molecular formula is C16H30. The first-order chi connectivity index (χ1) is 7.85. The maximum Gasteiger partial charge on any atom is -0.0348 e. The van der Waals surface area contributed by atoms with E-state index in [1.807, 2.05) is 0 Å². The van der Waals surface area contributed by atoms with Crippen LogP contribution in [0, 0.1) is 5.92 Å². The lowest BCUT2D eigenvalue weighted by atomic mass is 9.93. The highest BCUT2D eigenvalue weighted by Gasteiger charge is 2.05. The second-order valence-corrected chi connectivity index (χ2v) is 4.64. The Labute approximate surface area is 103 Å². The van der Waals surface area contributed by atoms with Gasteiger partial charge in [-0.1, -0.05) is 57.4 Å². The molecule has 0 heteroatoms. The first-order valence-electron chi connectivity index (χ1n) is 7.11. The summed E-state index contributed by atoms with van der Waals surface area (Å²) in [5, 5.41) is 0. The summed E-state index contributed by atoms with van der Waals surface area (Å²) in [4.78, 5) is 0. The Bertz CT molecular complexity index is 176. The molecule has 0 bridgehead atoms. The number of unbranched alkanes of at least 4 members (excludes halogenated alkanes) is 1. The highest BCUT2D eigenvalue weighted by atomic mass is 14.1. The number of rotatable bonds is 10. The molecule has 0 rings (SSSR count). The summed E-state index contributed by atoms with van der Waals surface area (Å²) >= 11 is 0. The molecular weight excluding hydrogens is 192 g/mol. The van der Waals surface area contributed by atoms with Crippen LogP contribution in [0.3, 0.4) is 0 Å². The van der Waals surface area contributed by atoms with Crippen LogP contribution in [0.15, 0.2) is 24.3 Å². The molecule has 0 nitrogen and oxygen atoms in total. The molecule has 0 saturated carbocycles. The van der Waals surface area contributed by atoms with Gasteiger partial charge < -0.3 is 0 Å². The standard InChI is InChI=1S/C16H30/c1-4-7-9-10-12-15-16(13-6-3)14-11-8-5-2/h5,8-10,16H,4,6-7,11-15H2,1-3H3/b8-5+,10-9+. The zero-order valence-corrected chi connectivity index (χ0v) is 11.5. The van der Waals surface area contributed by atoms with Crippen molar-refractivity contribution in [2.45, 2.75) is 72.1 Å². The zero-order chi connectivity index (χ0) is 12.1. The molecule has 0 aliphatic carbocycles. The summed E-state index contributed by atoms with van der Waals surface area (Å²) in [5.41, 5.74) is 0. The molecule has 0 aliphatic rings. The van der Waals surface area contributed by atoms with E-state index in [2.05, 4.69) is 45.1 Å². The van der Waals surface area contributed by atoms with Crippen molar-refractivity contribution in [3.05, 3.63) is 24.3 Å². The van der Waals surface area contributed by atoms with E-state index in [1.165, 1.54) is 51.4 Å². The van der Waals surface area contributed by atoms with Gasteiger partial charge in [-0.25, -0.2) is 0 Å². The fraction of sp³-hybridized carbons (Fsp3) is 0.750. The zero-order valence-electron chi connectivity index (χ0n) is 11.5. The van der Waals surface area contributed by atoms with E-state index in [0.717, 1.165) is 5.92 Å². The Kier molecular flexibility index (Phi) is 12.1. The average Bonchev–Trinajstić information content (AvgIpc) is 2.29. The third-order valence-corrected chi connectivity index (χ3v) is 3.04. The molecule has 1 atom stereocenters. The minimum atomic E-state index is 0.937. The molecule has 0 fully saturated rings. The topological polar surface area (TPSA) is 0 Å². The molecule has 0 spiro atoms. The maximum absolute atomic E-state index is 2.38. The van der Waals surface area contributed by atoms with Gasteiger partial charge in [0.25, 0.3) is 0 Å². The van der Waals surface area contributed by atoms with Gasteiger partial charge in [-0.15, -0.1) is 0 Å². The maximum atomic E-state index is 2.38. The Morgan fingerprint density at radius 2 is 1.38 bits per heavy atom. The van der Waals surface area contributed by atoms with Crippen molar-refractivity contribution in [2.24, 2.45) is 5.92 Å². The number of hydrogen-bond acceptors (Lipinski definition) is 0. The van der Waals surface area contributed by atoms with Crippen LogP contribution in [0.1, 0.15) is 72.1 Å². The summed E-state index contributed by atoms with van der Waals surface area (Å²) in [7, 11) is 0. The van der Waals surface area contributed by atoms with Crippen molar-refractivity contribution in [1.82, 2.24) is 0 Å². The molecule has 0 saturated heterocycles. The van der Waals surface area contributed by atoms with Gasteiger partial charge in [0.1, 0.15) is 0 Å². The molecule has 0 N–H and O–H groups in total. The fourth-order valence-corrected chi connectivity index (χ4v) is 2.07. The lowest BCUT2D eigenvalue weighted by Crippen LogP contribution is -1.99. The van der Waals surface area contributed by atoms with E-state index in [1.54, 1.807) is 0 Å². The Hall–Kier alpha value is -0.520. The molecule has 0 aromatic carbocycles. The molecule has 0 heterocycles. The van der Waals surface area contributed by atoms with Crippen LogP contribution in [0.25, 0.3) is 0 Å². The fourth-order valence-electron chi connectivity index (χ4n) is 2.07. The summed E-state index contributed by atoms with van der Waals surface area (Å²) in [6.45, 7) is 6.65. The minimum Gasteiger partial charge on any atom is -0.0917 e. The summed E-state index contributed by atoms with van der Waals surface area (Å²) in [6, 6.07) is 0. The van der Waals surface area contributed by atoms with E-state index >= 15 is 0 Å². The van der Waals surface area contributed by atoms with Crippen LogP contribution in [0.5, 0.6) is 0 Å². The van der Waals surface area contributed by atoms with E-state index in [9.17, 15) is 0 Å². The van der Waals surface area contributed by atoms with E-state index in [-0.39, 0.29) is 0 Å². The lowest BCUT2D eigenvalue weighted by Gasteiger charge is -2.13. The van der Waals surface area contributed by atoms with Crippen molar-refractivity contribution < 1.29 is 0 Å². The molecule has 0 aromatic heterocycles. The van der Waals surface area contributed by atoms with Crippen molar-refractivity contribution >= 4 is 0 Å². The first-order valence-corrected chi connectivity index (χ1v) is 7.11. The summed E-state index contributed by atoms with van der Waals surface area (Å²) < 4.78 is 0. The average molecular weight is 222 g/mol. The third kappa shape index (κ3) is 10.0. The minimum absolute atomic E-state index is 0.937. The van der Waals surface area contributed by atoms with Gasteiger partial charge in [0.2, 0.25) is 0 Å². The molecule has 0 radical (unpaired) electrons. The van der Waals surface area contributed by atoms with Crippen LogP contribution in [0.2, 0.25) is 0 Å². The number of allylic oxidation sites excluding steroid dienone is 4. The molecule has 16 heavy (non-hydrogen) atoms. The first kappa shape index (κ1) is 15.5. The van der Waals surface area contributed by atoms with Crippen LogP contribution in [-0.4, -0.2) is 0 Å². The largest absolute Gasteiger partial charge is 0.0917 e. The van der Waals surface area contributed by atoms with Crippen molar-refractivity contribution in [3.63, 3.8) is 0 Å². The highest BCUT2D eigenvalue weighted by Crippen LogP contribution is 2.20. The van der Waals surface area contributed by atoms with Crippen molar-refractivity contribution in [3.8, 4) is 0 Å². The van der Waals surface area contributed by atoms with E-state index in [0.29, 0.717) is 0 Å². The Morgan fingerprint density at radius 3 is 1.94 bits per heavy atom. The van der Waals surface area contributed by atoms with Gasteiger partial charge in [0, 0.05) is 0 Å². The van der Waals surface area contributed by atoms with Gasteiger partial charge in [-0.2, -0.15) is 0 Å². The predicted octanol–water partition coefficient (Wildman–Crippen LogP) is 5.90. The van der Waals surface area contributed by atoms with Crippen LogP contribution >= 0.6 is 0 Å². The Morgan fingerprint density at radius 1 is 0.750 bits per heavy atom. The third-order valence-electron chi connectivity index (χ3n) is 3.04. The van der Waals surface area contributed by atoms with Crippen LogP contribution in [0.4, 0.5) is 0 Å². The van der Waals surface area contributed by atoms with Crippen LogP contribution in [-0.2, 0) is 0 Å². The van der Waals surface area contributed by atoms with Crippen molar-refractivity contribution in [1.29, 1.82) is 0 Å². The lowest BCUT2D eigenvalue weighted by molar-refractivity contribution is 0.421. The van der Waals surface area contributed by atoms with Crippen molar-refractivity contribution in [2.75, 3.05) is 0 Å².